The van der Waals surface area contributed by atoms with Gasteiger partial charge in [0.25, 0.3) is 5.91 Å². The smallest absolute Gasteiger partial charge is 0.266 e. The predicted molar refractivity (Wildman–Crippen MR) is 119 cm³/mol. The van der Waals surface area contributed by atoms with E-state index < -0.39 is 20.7 Å². The molecule has 12 heteroatoms. The van der Waals surface area contributed by atoms with Crippen LogP contribution in [0.15, 0.2) is 30.9 Å². The summed E-state index contributed by atoms with van der Waals surface area (Å²) in [5, 5.41) is 9.17. The number of carbonyl (C=O) groups excluding carboxylic acids is 1. The minimum atomic E-state index is -3.95. The van der Waals surface area contributed by atoms with Gasteiger partial charge < -0.3 is 9.30 Å². The second-order valence-electron chi connectivity index (χ2n) is 8.12. The lowest BCUT2D eigenvalue weighted by molar-refractivity contribution is -0.134. The maximum Gasteiger partial charge on any atom is 0.266 e. The number of aromatic nitrogens is 3. The molecule has 0 bridgehead atoms. The van der Waals surface area contributed by atoms with Gasteiger partial charge in [0.2, 0.25) is 10.0 Å². The number of nitrogens with zero attached hydrogens (tertiary/aromatic N) is 4. The van der Waals surface area contributed by atoms with Crippen LogP contribution in [-0.2, 0) is 26.6 Å². The van der Waals surface area contributed by atoms with Crippen LogP contribution in [0.25, 0.3) is 11.3 Å². The molecule has 0 atom stereocenters. The van der Waals surface area contributed by atoms with Crippen LogP contribution in [0.3, 0.4) is 0 Å². The van der Waals surface area contributed by atoms with E-state index in [4.69, 9.17) is 4.74 Å². The molecule has 2 saturated heterocycles. The van der Waals surface area contributed by atoms with Crippen molar-refractivity contribution >= 4 is 28.3 Å². The highest BCUT2D eigenvalue weighted by Gasteiger charge is 2.54. The van der Waals surface area contributed by atoms with Crippen LogP contribution in [0.4, 0.5) is 0 Å². The lowest BCUT2D eigenvalue weighted by atomic mass is 9.94. The first-order valence-electron chi connectivity index (χ1n) is 10.3. The number of aryl methyl sites for hydroxylation is 1. The maximum absolute atomic E-state index is 13.4. The quantitative estimate of drug-likeness (QED) is 0.485. The van der Waals surface area contributed by atoms with Crippen LogP contribution in [0.5, 0.6) is 0 Å². The molecular weight excluding hydrogens is 458 g/mol. The van der Waals surface area contributed by atoms with E-state index in [-0.39, 0.29) is 44.4 Å². The van der Waals surface area contributed by atoms with Crippen LogP contribution in [-0.4, -0.2) is 69.4 Å². The number of amides is 1. The van der Waals surface area contributed by atoms with Crippen LogP contribution >= 0.6 is 12.4 Å². The zero-order valence-corrected chi connectivity index (χ0v) is 19.4. The Labute approximate surface area is 193 Å². The molecule has 2 fully saturated rings. The van der Waals surface area contributed by atoms with Crippen molar-refractivity contribution in [2.75, 3.05) is 26.3 Å². The summed E-state index contributed by atoms with van der Waals surface area (Å²) >= 11 is 0. The van der Waals surface area contributed by atoms with Crippen molar-refractivity contribution < 1.29 is 23.2 Å². The average molecular weight is 486 g/mol. The number of rotatable bonds is 5. The molecule has 2 N–H and O–H groups in total. The Kier molecular flexibility index (Phi) is 7.56. The number of carbonyl (C=O) groups is 1. The Balaban J connectivity index is 0.00000289. The molecular formula is C20H28ClN5O5S. The average Bonchev–Trinajstić information content (AvgIpc) is 3.25. The van der Waals surface area contributed by atoms with E-state index in [1.165, 1.54) is 4.31 Å². The molecule has 32 heavy (non-hydrogen) atoms. The number of piperidine rings is 1. The minimum Gasteiger partial charge on any atom is -0.381 e. The highest BCUT2D eigenvalue weighted by molar-refractivity contribution is 7.91. The number of pyridine rings is 1. The number of ether oxygens (including phenoxy) is 1. The third-order valence-corrected chi connectivity index (χ3v) is 8.93. The normalized spacial score (nSPS) is 19.8. The highest BCUT2D eigenvalue weighted by Crippen LogP contribution is 2.36. The first kappa shape index (κ1) is 24.6. The fourth-order valence-electron chi connectivity index (χ4n) is 4.40. The lowest BCUT2D eigenvalue weighted by Crippen LogP contribution is -2.60. The van der Waals surface area contributed by atoms with Gasteiger partial charge in [-0.15, -0.1) is 12.4 Å². The summed E-state index contributed by atoms with van der Waals surface area (Å²) in [6.45, 7) is 0.932. The molecule has 0 spiro atoms. The van der Waals surface area contributed by atoms with E-state index in [0.717, 1.165) is 17.0 Å². The summed E-state index contributed by atoms with van der Waals surface area (Å²) in [5.74, 6) is -0.744. The fourth-order valence-corrected chi connectivity index (χ4v) is 6.55. The Morgan fingerprint density at radius 2 is 1.91 bits per heavy atom. The van der Waals surface area contributed by atoms with Crippen LogP contribution < -0.4 is 5.48 Å². The molecule has 2 aliphatic heterocycles. The summed E-state index contributed by atoms with van der Waals surface area (Å²) in [5.41, 5.74) is 4.26. The van der Waals surface area contributed by atoms with Crippen LogP contribution in [0.1, 0.15) is 37.3 Å². The standard InChI is InChI=1S/C20H27N5O5S.ClH/c1-24-13-18(22-14-24)16-2-3-17(21-12-16)15-4-8-25(9-5-15)31(28,29)20(19(26)23-27)6-10-30-11-7-20;/h2-3,12-15,27H,4-11H2,1H3,(H,23,26);1H. The topological polar surface area (TPSA) is 127 Å². The molecule has 4 heterocycles. The Hall–Kier alpha value is -2.05. The zero-order chi connectivity index (χ0) is 22.1. The molecule has 2 aliphatic rings. The summed E-state index contributed by atoms with van der Waals surface area (Å²) in [7, 11) is -2.04. The van der Waals surface area contributed by atoms with Crippen molar-refractivity contribution in [3.63, 3.8) is 0 Å². The van der Waals surface area contributed by atoms with Crippen molar-refractivity contribution in [3.8, 4) is 11.3 Å². The number of hydroxylamine groups is 1. The summed E-state index contributed by atoms with van der Waals surface area (Å²) in [4.78, 5) is 21.3. The molecule has 0 aliphatic carbocycles. The number of hydrogen-bond acceptors (Lipinski definition) is 7. The maximum atomic E-state index is 13.4. The Morgan fingerprint density at radius 1 is 1.22 bits per heavy atom. The first-order valence-corrected chi connectivity index (χ1v) is 11.8. The third kappa shape index (κ3) is 4.40. The van der Waals surface area contributed by atoms with Gasteiger partial charge in [-0.2, -0.15) is 0 Å². The third-order valence-electron chi connectivity index (χ3n) is 6.31. The number of imidazole rings is 1. The van der Waals surface area contributed by atoms with Gasteiger partial charge in [0.05, 0.1) is 12.0 Å². The molecule has 10 nitrogen and oxygen atoms in total. The van der Waals surface area contributed by atoms with Crippen molar-refractivity contribution in [3.05, 3.63) is 36.5 Å². The van der Waals surface area contributed by atoms with Gasteiger partial charge in [-0.05, 0) is 25.0 Å². The SMILES string of the molecule is Cl.Cn1cnc(-c2ccc(C3CCN(S(=O)(=O)C4(C(=O)NO)CCOCC4)CC3)nc2)c1. The van der Waals surface area contributed by atoms with E-state index in [9.17, 15) is 18.4 Å². The summed E-state index contributed by atoms with van der Waals surface area (Å²) in [6, 6.07) is 3.95. The van der Waals surface area contributed by atoms with Gasteiger partial charge in [0, 0.05) is 75.8 Å². The second-order valence-corrected chi connectivity index (χ2v) is 10.4. The molecule has 1 amide bonds. The molecule has 2 aromatic rings. The molecule has 0 saturated carbocycles. The number of nitrogens with one attached hydrogen (secondary N) is 1. The van der Waals surface area contributed by atoms with E-state index in [1.54, 1.807) is 18.0 Å². The molecule has 176 valence electrons. The van der Waals surface area contributed by atoms with E-state index in [2.05, 4.69) is 9.97 Å². The predicted octanol–water partition coefficient (Wildman–Crippen LogP) is 1.47. The Bertz CT molecular complexity index is 1030. The number of hydrogen-bond donors (Lipinski definition) is 2. The van der Waals surface area contributed by atoms with Crippen LogP contribution in [0, 0.1) is 0 Å². The lowest BCUT2D eigenvalue weighted by Gasteiger charge is -2.40. The largest absolute Gasteiger partial charge is 0.381 e. The minimum absolute atomic E-state index is 0. The van der Waals surface area contributed by atoms with Crippen LogP contribution in [0.2, 0.25) is 0 Å². The number of halogens is 1. The van der Waals surface area contributed by atoms with E-state index >= 15 is 0 Å². The first-order chi connectivity index (χ1) is 14.9. The fraction of sp³-hybridized carbons (Fsp3) is 0.550. The zero-order valence-electron chi connectivity index (χ0n) is 17.8. The van der Waals surface area contributed by atoms with Gasteiger partial charge in [0.1, 0.15) is 0 Å². The monoisotopic (exact) mass is 485 g/mol. The van der Waals surface area contributed by atoms with E-state index in [1.807, 2.05) is 29.9 Å². The van der Waals surface area contributed by atoms with Crippen molar-refractivity contribution in [1.29, 1.82) is 0 Å². The second kappa shape index (κ2) is 9.84. The van der Waals surface area contributed by atoms with E-state index in [0.29, 0.717) is 25.9 Å². The molecule has 2 aromatic heterocycles. The van der Waals surface area contributed by atoms with Crippen molar-refractivity contribution in [2.45, 2.75) is 36.3 Å². The molecule has 0 unspecified atom stereocenters. The van der Waals surface area contributed by atoms with Gasteiger partial charge in [-0.3, -0.25) is 15.0 Å². The highest BCUT2D eigenvalue weighted by atomic mass is 35.5. The van der Waals surface area contributed by atoms with Gasteiger partial charge in [-0.1, -0.05) is 0 Å². The van der Waals surface area contributed by atoms with Gasteiger partial charge in [-0.25, -0.2) is 23.2 Å². The van der Waals surface area contributed by atoms with Gasteiger partial charge >= 0.3 is 0 Å². The summed E-state index contributed by atoms with van der Waals surface area (Å²) < 4.78 is 33.6. The van der Waals surface area contributed by atoms with Crippen molar-refractivity contribution in [1.82, 2.24) is 24.3 Å². The molecule has 0 aromatic carbocycles. The Morgan fingerprint density at radius 3 is 2.44 bits per heavy atom. The molecule has 4 rings (SSSR count). The van der Waals surface area contributed by atoms with Gasteiger partial charge in [0.15, 0.2) is 4.75 Å². The van der Waals surface area contributed by atoms with Crippen molar-refractivity contribution in [2.24, 2.45) is 7.05 Å². The summed E-state index contributed by atoms with van der Waals surface area (Å²) in [6.07, 6.45) is 6.74. The number of sulfonamides is 1. The molecule has 0 radical (unpaired) electrons.